The average molecular weight is 260 g/mol. The molecular formula is C14H10F2N2O. The second-order valence-electron chi connectivity index (χ2n) is 4.02. The average Bonchev–Trinajstić information content (AvgIpc) is 2.36. The molecule has 0 saturated carbocycles. The number of benzene rings is 2. The smallest absolute Gasteiger partial charge is 0.167 e. The summed E-state index contributed by atoms with van der Waals surface area (Å²) >= 11 is 0. The molecule has 5 heteroatoms. The summed E-state index contributed by atoms with van der Waals surface area (Å²) in [4.78, 5) is 0. The van der Waals surface area contributed by atoms with Crippen LogP contribution in [0.3, 0.4) is 0 Å². The third-order valence-electron chi connectivity index (χ3n) is 2.53. The van der Waals surface area contributed by atoms with Gasteiger partial charge in [0.15, 0.2) is 11.6 Å². The van der Waals surface area contributed by atoms with Crippen molar-refractivity contribution >= 4 is 5.69 Å². The third-order valence-corrected chi connectivity index (χ3v) is 2.53. The molecular weight excluding hydrogens is 250 g/mol. The number of nitriles is 1. The Balaban J connectivity index is 2.45. The minimum Gasteiger partial charge on any atom is -0.453 e. The van der Waals surface area contributed by atoms with Gasteiger partial charge in [0.2, 0.25) is 0 Å². The summed E-state index contributed by atoms with van der Waals surface area (Å²) in [5, 5.41) is 8.94. The van der Waals surface area contributed by atoms with E-state index in [0.717, 1.165) is 17.7 Å². The van der Waals surface area contributed by atoms with Crippen LogP contribution in [0.15, 0.2) is 30.3 Å². The van der Waals surface area contributed by atoms with Crippen LogP contribution in [0.1, 0.15) is 11.1 Å². The summed E-state index contributed by atoms with van der Waals surface area (Å²) in [6.45, 7) is 1.80. The van der Waals surface area contributed by atoms with Crippen molar-refractivity contribution in [3.05, 3.63) is 53.1 Å². The number of ether oxygens (including phenoxy) is 1. The molecule has 0 aromatic heterocycles. The van der Waals surface area contributed by atoms with Gasteiger partial charge >= 0.3 is 0 Å². The quantitative estimate of drug-likeness (QED) is 0.840. The van der Waals surface area contributed by atoms with Crippen molar-refractivity contribution in [2.24, 2.45) is 0 Å². The Kier molecular flexibility index (Phi) is 3.34. The van der Waals surface area contributed by atoms with Crippen LogP contribution in [-0.4, -0.2) is 0 Å². The van der Waals surface area contributed by atoms with E-state index in [1.165, 1.54) is 0 Å². The Bertz CT molecular complexity index is 678. The predicted octanol–water partition coefficient (Wildman–Crippen LogP) is 3.52. The fraction of sp³-hybridized carbons (Fsp3) is 0.0714. The van der Waals surface area contributed by atoms with Crippen molar-refractivity contribution in [3.8, 4) is 17.6 Å². The fourth-order valence-corrected chi connectivity index (χ4v) is 1.55. The first-order valence-electron chi connectivity index (χ1n) is 5.44. The normalized spacial score (nSPS) is 10.0. The highest BCUT2D eigenvalue weighted by molar-refractivity contribution is 5.50. The zero-order valence-corrected chi connectivity index (χ0v) is 10.1. The summed E-state index contributed by atoms with van der Waals surface area (Å²) in [7, 11) is 0. The molecule has 2 aromatic carbocycles. The van der Waals surface area contributed by atoms with Gasteiger partial charge in [-0.25, -0.2) is 8.78 Å². The first kappa shape index (κ1) is 12.8. The predicted molar refractivity (Wildman–Crippen MR) is 66.7 cm³/mol. The molecule has 19 heavy (non-hydrogen) atoms. The third kappa shape index (κ3) is 2.63. The first-order chi connectivity index (χ1) is 9.01. The topological polar surface area (TPSA) is 59.0 Å². The van der Waals surface area contributed by atoms with Crippen LogP contribution in [0.25, 0.3) is 0 Å². The largest absolute Gasteiger partial charge is 0.453 e. The Morgan fingerprint density at radius 3 is 2.53 bits per heavy atom. The highest BCUT2D eigenvalue weighted by Crippen LogP contribution is 2.30. The van der Waals surface area contributed by atoms with Gasteiger partial charge in [-0.05, 0) is 24.6 Å². The molecule has 2 N–H and O–H groups in total. The van der Waals surface area contributed by atoms with E-state index in [1.54, 1.807) is 25.1 Å². The molecule has 0 amide bonds. The van der Waals surface area contributed by atoms with Gasteiger partial charge in [-0.15, -0.1) is 0 Å². The number of aryl methyl sites for hydroxylation is 1. The zero-order valence-electron chi connectivity index (χ0n) is 10.1. The van der Waals surface area contributed by atoms with Gasteiger partial charge in [0.1, 0.15) is 17.6 Å². The van der Waals surface area contributed by atoms with Crippen molar-refractivity contribution in [1.29, 1.82) is 5.26 Å². The lowest BCUT2D eigenvalue weighted by Gasteiger charge is -2.10. The number of hydrogen-bond donors (Lipinski definition) is 1. The molecule has 0 saturated heterocycles. The van der Waals surface area contributed by atoms with Crippen LogP contribution in [0.4, 0.5) is 14.5 Å². The molecule has 0 radical (unpaired) electrons. The van der Waals surface area contributed by atoms with E-state index in [9.17, 15) is 8.78 Å². The van der Waals surface area contributed by atoms with Gasteiger partial charge < -0.3 is 10.5 Å². The highest BCUT2D eigenvalue weighted by Gasteiger charge is 2.12. The molecule has 2 rings (SSSR count). The Morgan fingerprint density at radius 2 is 1.84 bits per heavy atom. The molecule has 0 unspecified atom stereocenters. The Morgan fingerprint density at radius 1 is 1.11 bits per heavy atom. The van der Waals surface area contributed by atoms with Gasteiger partial charge in [-0.1, -0.05) is 6.07 Å². The fourth-order valence-electron chi connectivity index (χ4n) is 1.55. The molecule has 0 fully saturated rings. The second-order valence-corrected chi connectivity index (χ2v) is 4.02. The monoisotopic (exact) mass is 260 g/mol. The molecule has 0 aliphatic heterocycles. The Labute approximate surface area is 108 Å². The molecule has 96 valence electrons. The van der Waals surface area contributed by atoms with Crippen LogP contribution in [0.2, 0.25) is 0 Å². The maximum Gasteiger partial charge on any atom is 0.167 e. The summed E-state index contributed by atoms with van der Waals surface area (Å²) in [5.74, 6) is -1.70. The van der Waals surface area contributed by atoms with Gasteiger partial charge in [-0.2, -0.15) is 5.26 Å². The van der Waals surface area contributed by atoms with Crippen molar-refractivity contribution in [2.75, 3.05) is 5.73 Å². The van der Waals surface area contributed by atoms with Gasteiger partial charge in [-0.3, -0.25) is 0 Å². The number of anilines is 1. The van der Waals surface area contributed by atoms with Crippen LogP contribution in [-0.2, 0) is 0 Å². The molecule has 0 aliphatic carbocycles. The van der Waals surface area contributed by atoms with E-state index in [2.05, 4.69) is 0 Å². The van der Waals surface area contributed by atoms with Crippen molar-refractivity contribution in [3.63, 3.8) is 0 Å². The lowest BCUT2D eigenvalue weighted by Crippen LogP contribution is -1.96. The number of nitrogens with two attached hydrogens (primary N) is 1. The SMILES string of the molecule is Cc1ccc(C#N)c(Oc2cc(F)c(N)cc2F)c1. The van der Waals surface area contributed by atoms with Crippen LogP contribution >= 0.6 is 0 Å². The molecule has 0 bridgehead atoms. The Hall–Kier alpha value is -2.61. The lowest BCUT2D eigenvalue weighted by molar-refractivity contribution is 0.436. The minimum absolute atomic E-state index is 0.172. The zero-order chi connectivity index (χ0) is 14.0. The number of nitrogen functional groups attached to an aromatic ring is 1. The minimum atomic E-state index is -0.788. The molecule has 0 atom stereocenters. The molecule has 0 spiro atoms. The number of hydrogen-bond acceptors (Lipinski definition) is 3. The van der Waals surface area contributed by atoms with E-state index in [4.69, 9.17) is 15.7 Å². The maximum absolute atomic E-state index is 13.6. The number of halogens is 2. The standard InChI is InChI=1S/C14H10F2N2O/c1-8-2-3-9(7-17)13(4-8)19-14-6-10(15)12(18)5-11(14)16/h2-6H,18H2,1H3. The van der Waals surface area contributed by atoms with E-state index in [1.807, 2.05) is 6.07 Å². The van der Waals surface area contributed by atoms with Crippen molar-refractivity contribution < 1.29 is 13.5 Å². The summed E-state index contributed by atoms with van der Waals surface area (Å²) in [6.07, 6.45) is 0. The van der Waals surface area contributed by atoms with E-state index < -0.39 is 11.6 Å². The number of nitrogens with zero attached hydrogens (tertiary/aromatic N) is 1. The summed E-state index contributed by atoms with van der Waals surface area (Å²) < 4.78 is 32.1. The van der Waals surface area contributed by atoms with Gasteiger partial charge in [0.25, 0.3) is 0 Å². The summed E-state index contributed by atoms with van der Waals surface area (Å²) in [6, 6.07) is 8.47. The number of rotatable bonds is 2. The van der Waals surface area contributed by atoms with E-state index in [-0.39, 0.29) is 22.7 Å². The first-order valence-corrected chi connectivity index (χ1v) is 5.44. The van der Waals surface area contributed by atoms with Gasteiger partial charge in [0.05, 0.1) is 11.3 Å². The maximum atomic E-state index is 13.6. The van der Waals surface area contributed by atoms with E-state index >= 15 is 0 Å². The second kappa shape index (κ2) is 4.94. The molecule has 2 aromatic rings. The van der Waals surface area contributed by atoms with Crippen molar-refractivity contribution in [2.45, 2.75) is 6.92 Å². The van der Waals surface area contributed by atoms with Gasteiger partial charge in [0, 0.05) is 12.1 Å². The molecule has 3 nitrogen and oxygen atoms in total. The van der Waals surface area contributed by atoms with Crippen LogP contribution in [0.5, 0.6) is 11.5 Å². The van der Waals surface area contributed by atoms with Crippen molar-refractivity contribution in [1.82, 2.24) is 0 Å². The van der Waals surface area contributed by atoms with Crippen LogP contribution in [0, 0.1) is 29.9 Å². The van der Waals surface area contributed by atoms with E-state index in [0.29, 0.717) is 0 Å². The van der Waals surface area contributed by atoms with Crippen LogP contribution < -0.4 is 10.5 Å². The molecule has 0 aliphatic rings. The summed E-state index contributed by atoms with van der Waals surface area (Å²) in [5.41, 5.74) is 6.02. The highest BCUT2D eigenvalue weighted by atomic mass is 19.1. The lowest BCUT2D eigenvalue weighted by atomic mass is 10.1. The molecule has 0 heterocycles.